The Kier molecular flexibility index (Phi) is 26.2. The van der Waals surface area contributed by atoms with Gasteiger partial charge in [-0.25, -0.2) is 0 Å². The lowest BCUT2D eigenvalue weighted by atomic mass is 10.7. The molecule has 0 aromatic rings. The highest BCUT2D eigenvalue weighted by Crippen LogP contribution is 1.40. The summed E-state index contributed by atoms with van der Waals surface area (Å²) >= 11 is 0. The SMILES string of the molecule is C=CCN.O=NO. The zero-order valence-electron chi connectivity index (χ0n) is 3.87. The van der Waals surface area contributed by atoms with Crippen molar-refractivity contribution in [2.24, 2.45) is 11.1 Å². The minimum absolute atomic E-state index is 0.583. The van der Waals surface area contributed by atoms with Crippen LogP contribution < -0.4 is 5.73 Å². The number of hydrogen-bond donors (Lipinski definition) is 2. The molecule has 4 nitrogen and oxygen atoms in total. The van der Waals surface area contributed by atoms with Gasteiger partial charge in [0.1, 0.15) is 0 Å². The smallest absolute Gasteiger partial charge is 0.152 e. The number of hydrogen-bond acceptors (Lipinski definition) is 3. The van der Waals surface area contributed by atoms with E-state index in [2.05, 4.69) is 6.58 Å². The van der Waals surface area contributed by atoms with Gasteiger partial charge in [0, 0.05) is 6.54 Å². The van der Waals surface area contributed by atoms with Crippen LogP contribution in [0.4, 0.5) is 0 Å². The fraction of sp³-hybridized carbons (Fsp3) is 0.333. The summed E-state index contributed by atoms with van der Waals surface area (Å²) in [6, 6.07) is 0. The molecule has 0 unspecified atom stereocenters. The van der Waals surface area contributed by atoms with Crippen LogP contribution in [0.2, 0.25) is 0 Å². The molecular formula is C3H8N2O2. The van der Waals surface area contributed by atoms with Crippen molar-refractivity contribution in [2.45, 2.75) is 0 Å². The van der Waals surface area contributed by atoms with Crippen molar-refractivity contribution in [3.05, 3.63) is 17.6 Å². The molecule has 0 aliphatic rings. The van der Waals surface area contributed by atoms with E-state index in [1.165, 1.54) is 5.34 Å². The van der Waals surface area contributed by atoms with Crippen molar-refractivity contribution < 1.29 is 5.21 Å². The Morgan fingerprint density at radius 3 is 2.14 bits per heavy atom. The molecule has 3 N–H and O–H groups in total. The zero-order valence-corrected chi connectivity index (χ0v) is 3.87. The summed E-state index contributed by atoms with van der Waals surface area (Å²) in [6.07, 6.45) is 1.65. The van der Waals surface area contributed by atoms with Crippen LogP contribution in [0.1, 0.15) is 0 Å². The lowest BCUT2D eigenvalue weighted by Gasteiger charge is -1.61. The summed E-state index contributed by atoms with van der Waals surface area (Å²) in [6.45, 7) is 3.94. The first-order valence-corrected chi connectivity index (χ1v) is 1.61. The van der Waals surface area contributed by atoms with Crippen molar-refractivity contribution in [2.75, 3.05) is 6.54 Å². The van der Waals surface area contributed by atoms with Crippen LogP contribution in [0.15, 0.2) is 18.0 Å². The quantitative estimate of drug-likeness (QED) is 0.285. The van der Waals surface area contributed by atoms with Crippen molar-refractivity contribution in [1.82, 2.24) is 0 Å². The third kappa shape index (κ3) is 4900. The number of nitrogens with two attached hydrogens (primary N) is 1. The topological polar surface area (TPSA) is 75.7 Å². The normalized spacial score (nSPS) is 5.29. The van der Waals surface area contributed by atoms with E-state index >= 15 is 0 Å². The third-order valence-electron chi connectivity index (χ3n) is 0.167. The van der Waals surface area contributed by atoms with Gasteiger partial charge in [-0.3, -0.25) is 0 Å². The van der Waals surface area contributed by atoms with Crippen molar-refractivity contribution in [3.63, 3.8) is 0 Å². The molecule has 0 fully saturated rings. The van der Waals surface area contributed by atoms with E-state index < -0.39 is 0 Å². The Balaban J connectivity index is 0. The second-order valence-electron chi connectivity index (χ2n) is 0.606. The molecule has 0 aromatic heterocycles. The average molecular weight is 104 g/mol. The fourth-order valence-electron chi connectivity index (χ4n) is 0. The van der Waals surface area contributed by atoms with Crippen LogP contribution >= 0.6 is 0 Å². The molecule has 42 valence electrons. The second-order valence-corrected chi connectivity index (χ2v) is 0.606. The highest BCUT2D eigenvalue weighted by Gasteiger charge is 1.43. The molecule has 0 bridgehead atoms. The molecule has 0 rings (SSSR count). The standard InChI is InChI=1S/C3H7N.HNO2/c1-2-3-4;2-1-3/h2H,1,3-4H2;(H,2,3). The van der Waals surface area contributed by atoms with Gasteiger partial charge in [0.05, 0.1) is 0 Å². The van der Waals surface area contributed by atoms with Gasteiger partial charge in [-0.05, 0) is 0 Å². The molecule has 0 saturated carbocycles. The van der Waals surface area contributed by atoms with Gasteiger partial charge in [-0.15, -0.1) is 11.5 Å². The van der Waals surface area contributed by atoms with Crippen LogP contribution in [0.3, 0.4) is 0 Å². The Morgan fingerprint density at radius 1 is 2.00 bits per heavy atom. The minimum atomic E-state index is 0.583. The van der Waals surface area contributed by atoms with Crippen LogP contribution in [-0.4, -0.2) is 11.8 Å². The first-order chi connectivity index (χ1) is 3.33. The summed E-state index contributed by atoms with van der Waals surface area (Å²) in [4.78, 5) is 8.11. The minimum Gasteiger partial charge on any atom is -0.379 e. The Hall–Kier alpha value is -0.900. The summed E-state index contributed by atoms with van der Waals surface area (Å²) in [5, 5.41) is 7.89. The molecule has 0 saturated heterocycles. The van der Waals surface area contributed by atoms with E-state index in [1.807, 2.05) is 0 Å². The first kappa shape index (κ1) is 9.44. The molecule has 7 heavy (non-hydrogen) atoms. The van der Waals surface area contributed by atoms with Gasteiger partial charge in [0.25, 0.3) is 0 Å². The van der Waals surface area contributed by atoms with Gasteiger partial charge in [-0.2, -0.15) is 0 Å². The molecule has 0 aromatic carbocycles. The number of nitrogens with zero attached hydrogens (tertiary/aromatic N) is 1. The third-order valence-corrected chi connectivity index (χ3v) is 0.167. The summed E-state index contributed by atoms with van der Waals surface area (Å²) in [5.41, 5.74) is 4.91. The Bertz CT molecular complexity index is 46.2. The molecule has 0 heterocycles. The van der Waals surface area contributed by atoms with Crippen LogP contribution in [-0.2, 0) is 0 Å². The van der Waals surface area contributed by atoms with Crippen LogP contribution in [0, 0.1) is 4.91 Å². The van der Waals surface area contributed by atoms with E-state index in [1.54, 1.807) is 6.08 Å². The molecule has 0 amide bonds. The maximum Gasteiger partial charge on any atom is 0.152 e. The average Bonchev–Trinajstić information content (AvgIpc) is 1.69. The van der Waals surface area contributed by atoms with E-state index in [0.29, 0.717) is 6.54 Å². The molecule has 0 radical (unpaired) electrons. The fourth-order valence-corrected chi connectivity index (χ4v) is 0. The predicted octanol–water partition coefficient (Wildman–Crippen LogP) is 0.273. The first-order valence-electron chi connectivity index (χ1n) is 1.61. The lowest BCUT2D eigenvalue weighted by Crippen LogP contribution is -1.90. The highest BCUT2D eigenvalue weighted by molar-refractivity contribution is 4.64. The molecule has 4 heteroatoms. The van der Waals surface area contributed by atoms with Crippen molar-refractivity contribution in [3.8, 4) is 0 Å². The van der Waals surface area contributed by atoms with Crippen LogP contribution in [0.5, 0.6) is 0 Å². The van der Waals surface area contributed by atoms with Gasteiger partial charge >= 0.3 is 0 Å². The maximum absolute atomic E-state index is 8.11. The lowest BCUT2D eigenvalue weighted by molar-refractivity contribution is 0.312. The van der Waals surface area contributed by atoms with Gasteiger partial charge in [-0.1, -0.05) is 6.08 Å². The summed E-state index contributed by atoms with van der Waals surface area (Å²) < 4.78 is 0. The second kappa shape index (κ2) is 19.4. The Labute approximate surface area is 41.6 Å². The number of rotatable bonds is 1. The van der Waals surface area contributed by atoms with Crippen molar-refractivity contribution >= 4 is 0 Å². The van der Waals surface area contributed by atoms with Crippen LogP contribution in [0.25, 0.3) is 0 Å². The van der Waals surface area contributed by atoms with Gasteiger partial charge < -0.3 is 10.9 Å². The summed E-state index contributed by atoms with van der Waals surface area (Å²) in [7, 11) is 0. The molecule has 0 atom stereocenters. The predicted molar refractivity (Wildman–Crippen MR) is 26.8 cm³/mol. The van der Waals surface area contributed by atoms with E-state index in [-0.39, 0.29) is 0 Å². The molecular weight excluding hydrogens is 96.0 g/mol. The highest BCUT2D eigenvalue weighted by atomic mass is 16.6. The zero-order chi connectivity index (χ0) is 6.12. The van der Waals surface area contributed by atoms with E-state index in [0.717, 1.165) is 0 Å². The molecule has 0 spiro atoms. The van der Waals surface area contributed by atoms with Crippen molar-refractivity contribution in [1.29, 1.82) is 0 Å². The van der Waals surface area contributed by atoms with E-state index in [9.17, 15) is 0 Å². The summed E-state index contributed by atoms with van der Waals surface area (Å²) in [5.74, 6) is 0. The Morgan fingerprint density at radius 2 is 2.14 bits per heavy atom. The van der Waals surface area contributed by atoms with Gasteiger partial charge in [0.15, 0.2) is 5.34 Å². The maximum atomic E-state index is 8.11. The van der Waals surface area contributed by atoms with Gasteiger partial charge in [0.2, 0.25) is 0 Å². The molecule has 0 aliphatic heterocycles. The molecule has 0 aliphatic carbocycles. The van der Waals surface area contributed by atoms with E-state index in [4.69, 9.17) is 15.8 Å². The largest absolute Gasteiger partial charge is 0.379 e. The monoisotopic (exact) mass is 104 g/mol.